The van der Waals surface area contributed by atoms with E-state index < -0.39 is 0 Å². The normalized spacial score (nSPS) is 10.6. The zero-order valence-corrected chi connectivity index (χ0v) is 9.83. The Labute approximate surface area is 103 Å². The fraction of sp³-hybridized carbons (Fsp3) is 0.100. The molecular weight excluding hydrogens is 247 g/mol. The zero-order chi connectivity index (χ0) is 11.7. The molecule has 0 aliphatic rings. The molecule has 1 aromatic heterocycles. The lowest BCUT2D eigenvalue weighted by atomic mass is 10.2. The fourth-order valence-electron chi connectivity index (χ4n) is 1.37. The second-order valence-electron chi connectivity index (χ2n) is 3.39. The third kappa shape index (κ3) is 2.08. The Balaban J connectivity index is 2.27. The van der Waals surface area contributed by atoms with E-state index >= 15 is 0 Å². The van der Waals surface area contributed by atoms with Crippen molar-refractivity contribution in [3.8, 4) is 0 Å². The summed E-state index contributed by atoms with van der Waals surface area (Å²) in [4.78, 5) is 3.91. The molecule has 0 fully saturated rings. The predicted octanol–water partition coefficient (Wildman–Crippen LogP) is 2.40. The van der Waals surface area contributed by atoms with Gasteiger partial charge < -0.3 is 16.0 Å². The first-order valence-electron chi connectivity index (χ1n) is 4.58. The average molecular weight is 257 g/mol. The van der Waals surface area contributed by atoms with Crippen molar-refractivity contribution in [2.75, 3.05) is 11.5 Å². The van der Waals surface area contributed by atoms with Gasteiger partial charge in [-0.05, 0) is 17.7 Å². The van der Waals surface area contributed by atoms with Crippen molar-refractivity contribution in [3.63, 3.8) is 0 Å². The van der Waals surface area contributed by atoms with Gasteiger partial charge in [0.2, 0.25) is 0 Å². The highest BCUT2D eigenvalue weighted by Gasteiger charge is 2.05. The number of hydrogen-bond acceptors (Lipinski definition) is 3. The molecule has 0 atom stereocenters. The van der Waals surface area contributed by atoms with E-state index in [2.05, 4.69) is 4.98 Å². The molecule has 0 spiro atoms. The van der Waals surface area contributed by atoms with Gasteiger partial charge >= 0.3 is 0 Å². The van der Waals surface area contributed by atoms with Crippen LogP contribution in [-0.2, 0) is 6.54 Å². The molecule has 84 valence electrons. The lowest BCUT2D eigenvalue weighted by molar-refractivity contribution is 0.808. The number of imidazole rings is 1. The summed E-state index contributed by atoms with van der Waals surface area (Å²) in [5.41, 5.74) is 12.3. The van der Waals surface area contributed by atoms with Gasteiger partial charge in [0.05, 0.1) is 22.9 Å². The van der Waals surface area contributed by atoms with Crippen molar-refractivity contribution < 1.29 is 0 Å². The first-order chi connectivity index (χ1) is 7.58. The van der Waals surface area contributed by atoms with E-state index in [1.165, 1.54) is 0 Å². The van der Waals surface area contributed by atoms with Gasteiger partial charge in [-0.1, -0.05) is 29.3 Å². The number of halogens is 2. The summed E-state index contributed by atoms with van der Waals surface area (Å²) in [7, 11) is 0. The number of benzene rings is 1. The summed E-state index contributed by atoms with van der Waals surface area (Å²) < 4.78 is 1.74. The molecule has 2 aromatic rings. The summed E-state index contributed by atoms with van der Waals surface area (Å²) in [6.45, 7) is 0.562. The molecule has 6 heteroatoms. The standard InChI is InChI=1S/C10H10Cl2N4/c11-7-2-1-6(3-8(7)12)4-16-5-15-9(13)10(16)14/h1-3,5H,4,13-14H2. The topological polar surface area (TPSA) is 69.9 Å². The molecule has 0 unspecified atom stereocenters. The van der Waals surface area contributed by atoms with E-state index in [4.69, 9.17) is 34.7 Å². The Morgan fingerprint density at radius 1 is 1.19 bits per heavy atom. The molecule has 0 saturated heterocycles. The summed E-state index contributed by atoms with van der Waals surface area (Å²) in [5.74, 6) is 0.783. The van der Waals surface area contributed by atoms with E-state index in [1.54, 1.807) is 23.0 Å². The van der Waals surface area contributed by atoms with Crippen LogP contribution in [0.2, 0.25) is 10.0 Å². The van der Waals surface area contributed by atoms with Crippen LogP contribution < -0.4 is 11.5 Å². The fourth-order valence-corrected chi connectivity index (χ4v) is 1.69. The van der Waals surface area contributed by atoms with E-state index in [9.17, 15) is 0 Å². The molecule has 0 radical (unpaired) electrons. The second kappa shape index (κ2) is 4.23. The minimum atomic E-state index is 0.333. The van der Waals surface area contributed by atoms with Gasteiger partial charge in [0.15, 0.2) is 5.82 Å². The number of rotatable bonds is 2. The predicted molar refractivity (Wildman–Crippen MR) is 66.6 cm³/mol. The van der Waals surface area contributed by atoms with Gasteiger partial charge in [-0.15, -0.1) is 0 Å². The van der Waals surface area contributed by atoms with Crippen molar-refractivity contribution in [3.05, 3.63) is 40.1 Å². The SMILES string of the molecule is Nc1ncn(Cc2ccc(Cl)c(Cl)c2)c1N. The van der Waals surface area contributed by atoms with Crippen LogP contribution in [0.25, 0.3) is 0 Å². The molecule has 4 N–H and O–H groups in total. The van der Waals surface area contributed by atoms with Crippen molar-refractivity contribution in [1.82, 2.24) is 9.55 Å². The van der Waals surface area contributed by atoms with Crippen LogP contribution in [0.3, 0.4) is 0 Å². The summed E-state index contributed by atoms with van der Waals surface area (Å²) >= 11 is 11.7. The molecule has 4 nitrogen and oxygen atoms in total. The molecular formula is C10H10Cl2N4. The third-order valence-corrected chi connectivity index (χ3v) is 2.98. The maximum atomic E-state index is 5.91. The third-order valence-electron chi connectivity index (χ3n) is 2.24. The second-order valence-corrected chi connectivity index (χ2v) is 4.21. The van der Waals surface area contributed by atoms with Gasteiger partial charge in [-0.2, -0.15) is 0 Å². The molecule has 1 aromatic carbocycles. The Kier molecular flexibility index (Phi) is 2.94. The lowest BCUT2D eigenvalue weighted by Crippen LogP contribution is -2.04. The van der Waals surface area contributed by atoms with Crippen LogP contribution in [-0.4, -0.2) is 9.55 Å². The maximum Gasteiger partial charge on any atom is 0.166 e. The monoisotopic (exact) mass is 256 g/mol. The number of nitrogen functional groups attached to an aromatic ring is 2. The van der Waals surface area contributed by atoms with E-state index in [1.807, 2.05) is 6.07 Å². The highest BCUT2D eigenvalue weighted by Crippen LogP contribution is 2.23. The smallest absolute Gasteiger partial charge is 0.166 e. The molecule has 1 heterocycles. The largest absolute Gasteiger partial charge is 0.382 e. The van der Waals surface area contributed by atoms with Gasteiger partial charge in [0.1, 0.15) is 5.82 Å². The van der Waals surface area contributed by atoms with Crippen LogP contribution in [0.4, 0.5) is 11.6 Å². The molecule has 16 heavy (non-hydrogen) atoms. The summed E-state index contributed by atoms with van der Waals surface area (Å²) in [6, 6.07) is 5.42. The highest BCUT2D eigenvalue weighted by atomic mass is 35.5. The maximum absolute atomic E-state index is 5.91. The first kappa shape index (κ1) is 11.1. The van der Waals surface area contributed by atoms with Gasteiger partial charge in [-0.25, -0.2) is 4.98 Å². The molecule has 0 bridgehead atoms. The van der Waals surface area contributed by atoms with Crippen LogP contribution in [0.15, 0.2) is 24.5 Å². The van der Waals surface area contributed by atoms with Crippen LogP contribution in [0.1, 0.15) is 5.56 Å². The molecule has 0 aliphatic heterocycles. The molecule has 0 amide bonds. The highest BCUT2D eigenvalue weighted by molar-refractivity contribution is 6.42. The Morgan fingerprint density at radius 3 is 2.50 bits per heavy atom. The lowest BCUT2D eigenvalue weighted by Gasteiger charge is -2.06. The van der Waals surface area contributed by atoms with Crippen molar-refractivity contribution in [2.24, 2.45) is 0 Å². The summed E-state index contributed by atoms with van der Waals surface area (Å²) in [6.07, 6.45) is 1.59. The van der Waals surface area contributed by atoms with E-state index in [-0.39, 0.29) is 0 Å². The Morgan fingerprint density at radius 2 is 1.94 bits per heavy atom. The minimum absolute atomic E-state index is 0.333. The number of aromatic nitrogens is 2. The van der Waals surface area contributed by atoms with Crippen LogP contribution in [0.5, 0.6) is 0 Å². The van der Waals surface area contributed by atoms with Crippen molar-refractivity contribution in [1.29, 1.82) is 0 Å². The van der Waals surface area contributed by atoms with Gasteiger partial charge in [0.25, 0.3) is 0 Å². The van der Waals surface area contributed by atoms with Crippen molar-refractivity contribution >= 4 is 34.8 Å². The number of nitrogens with two attached hydrogens (primary N) is 2. The number of hydrogen-bond donors (Lipinski definition) is 2. The molecule has 0 aliphatic carbocycles. The van der Waals surface area contributed by atoms with Gasteiger partial charge in [0, 0.05) is 0 Å². The van der Waals surface area contributed by atoms with Crippen molar-refractivity contribution in [2.45, 2.75) is 6.54 Å². The van der Waals surface area contributed by atoms with Gasteiger partial charge in [-0.3, -0.25) is 0 Å². The minimum Gasteiger partial charge on any atom is -0.382 e. The Hall–Kier alpha value is -1.39. The molecule has 2 rings (SSSR count). The van der Waals surface area contributed by atoms with E-state index in [0.717, 1.165) is 5.56 Å². The summed E-state index contributed by atoms with van der Waals surface area (Å²) in [5, 5.41) is 1.05. The number of anilines is 2. The number of nitrogens with zero attached hydrogens (tertiary/aromatic N) is 2. The van der Waals surface area contributed by atoms with Crippen LogP contribution >= 0.6 is 23.2 Å². The molecule has 0 saturated carbocycles. The van der Waals surface area contributed by atoms with E-state index in [0.29, 0.717) is 28.2 Å². The Bertz CT molecular complexity index is 522. The first-order valence-corrected chi connectivity index (χ1v) is 5.33. The quantitative estimate of drug-likeness (QED) is 0.867. The zero-order valence-electron chi connectivity index (χ0n) is 8.32. The average Bonchev–Trinajstić information content (AvgIpc) is 2.55. The van der Waals surface area contributed by atoms with Crippen LogP contribution in [0, 0.1) is 0 Å².